The van der Waals surface area contributed by atoms with Crippen LogP contribution in [0.1, 0.15) is 37.6 Å². The standard InChI is InChI=1S/C13H18O4/c1-4-17-12-7-9(14)6-11(16)13(12)10(15)5-8(2)3/h6-8,14,16H,4-5H2,1-3H3. The first-order chi connectivity index (χ1) is 7.95. The van der Waals surface area contributed by atoms with Gasteiger partial charge in [-0.15, -0.1) is 0 Å². The summed E-state index contributed by atoms with van der Waals surface area (Å²) in [5.41, 5.74) is 0.151. The van der Waals surface area contributed by atoms with E-state index in [0.717, 1.165) is 6.07 Å². The number of carbonyl (C=O) groups is 1. The van der Waals surface area contributed by atoms with Crippen LogP contribution >= 0.6 is 0 Å². The molecule has 1 rings (SSSR count). The average molecular weight is 238 g/mol. The molecule has 0 atom stereocenters. The Morgan fingerprint density at radius 3 is 2.53 bits per heavy atom. The molecule has 0 radical (unpaired) electrons. The maximum atomic E-state index is 12.0. The van der Waals surface area contributed by atoms with E-state index < -0.39 is 0 Å². The first-order valence-corrected chi connectivity index (χ1v) is 5.67. The van der Waals surface area contributed by atoms with Gasteiger partial charge in [0.25, 0.3) is 0 Å². The molecule has 0 amide bonds. The molecule has 94 valence electrons. The maximum absolute atomic E-state index is 12.0. The summed E-state index contributed by atoms with van der Waals surface area (Å²) in [4.78, 5) is 12.0. The van der Waals surface area contributed by atoms with Crippen molar-refractivity contribution < 1.29 is 19.7 Å². The Balaban J connectivity index is 3.15. The van der Waals surface area contributed by atoms with Gasteiger partial charge in [0.05, 0.1) is 6.61 Å². The van der Waals surface area contributed by atoms with Crippen LogP contribution in [-0.2, 0) is 0 Å². The van der Waals surface area contributed by atoms with Crippen molar-refractivity contribution in [3.05, 3.63) is 17.7 Å². The van der Waals surface area contributed by atoms with Gasteiger partial charge in [-0.2, -0.15) is 0 Å². The molecule has 17 heavy (non-hydrogen) atoms. The quantitative estimate of drug-likeness (QED) is 0.774. The van der Waals surface area contributed by atoms with Crippen molar-refractivity contribution in [2.75, 3.05) is 6.61 Å². The molecule has 0 heterocycles. The molecule has 2 N–H and O–H groups in total. The lowest BCUT2D eigenvalue weighted by atomic mass is 9.99. The lowest BCUT2D eigenvalue weighted by Gasteiger charge is -2.12. The largest absolute Gasteiger partial charge is 0.508 e. The van der Waals surface area contributed by atoms with E-state index in [-0.39, 0.29) is 34.5 Å². The van der Waals surface area contributed by atoms with E-state index in [1.807, 2.05) is 13.8 Å². The number of phenolic OH excluding ortho intramolecular Hbond substituents is 2. The summed E-state index contributed by atoms with van der Waals surface area (Å²) in [7, 11) is 0. The Hall–Kier alpha value is -1.71. The maximum Gasteiger partial charge on any atom is 0.170 e. The highest BCUT2D eigenvalue weighted by Gasteiger charge is 2.19. The predicted molar refractivity (Wildman–Crippen MR) is 64.7 cm³/mol. The Labute approximate surface area is 101 Å². The van der Waals surface area contributed by atoms with E-state index in [9.17, 15) is 15.0 Å². The van der Waals surface area contributed by atoms with Gasteiger partial charge in [0.1, 0.15) is 22.8 Å². The zero-order valence-electron chi connectivity index (χ0n) is 10.4. The van der Waals surface area contributed by atoms with Crippen molar-refractivity contribution in [2.24, 2.45) is 5.92 Å². The first-order valence-electron chi connectivity index (χ1n) is 5.67. The second-order valence-electron chi connectivity index (χ2n) is 4.29. The highest BCUT2D eigenvalue weighted by molar-refractivity contribution is 6.01. The number of ketones is 1. The van der Waals surface area contributed by atoms with Gasteiger partial charge in [0.2, 0.25) is 0 Å². The van der Waals surface area contributed by atoms with Crippen molar-refractivity contribution in [2.45, 2.75) is 27.2 Å². The SMILES string of the molecule is CCOc1cc(O)cc(O)c1C(=O)CC(C)C. The Kier molecular flexibility index (Phi) is 4.37. The molecule has 0 saturated carbocycles. The molecule has 0 aromatic heterocycles. The van der Waals surface area contributed by atoms with Crippen LogP contribution in [0.2, 0.25) is 0 Å². The third-order valence-electron chi connectivity index (χ3n) is 2.24. The fraction of sp³-hybridized carbons (Fsp3) is 0.462. The predicted octanol–water partition coefficient (Wildman–Crippen LogP) is 2.73. The molecule has 0 unspecified atom stereocenters. The highest BCUT2D eigenvalue weighted by atomic mass is 16.5. The van der Waals surface area contributed by atoms with E-state index >= 15 is 0 Å². The molecule has 4 nitrogen and oxygen atoms in total. The highest BCUT2D eigenvalue weighted by Crippen LogP contribution is 2.34. The summed E-state index contributed by atoms with van der Waals surface area (Å²) in [6.45, 7) is 5.99. The van der Waals surface area contributed by atoms with Crippen LogP contribution in [-0.4, -0.2) is 22.6 Å². The Morgan fingerprint density at radius 1 is 1.35 bits per heavy atom. The number of rotatable bonds is 5. The Bertz CT molecular complexity index is 410. The molecular weight excluding hydrogens is 220 g/mol. The number of phenols is 2. The minimum Gasteiger partial charge on any atom is -0.508 e. The summed E-state index contributed by atoms with van der Waals surface area (Å²) in [6.07, 6.45) is 0.332. The minimum atomic E-state index is -0.237. The average Bonchev–Trinajstić information content (AvgIpc) is 2.15. The normalized spacial score (nSPS) is 10.6. The minimum absolute atomic E-state index is 0.118. The molecule has 0 aliphatic carbocycles. The Morgan fingerprint density at radius 2 is 2.00 bits per heavy atom. The molecule has 0 aliphatic rings. The first kappa shape index (κ1) is 13.4. The van der Waals surface area contributed by atoms with E-state index in [1.54, 1.807) is 6.92 Å². The van der Waals surface area contributed by atoms with Crippen LogP contribution in [0.25, 0.3) is 0 Å². The van der Waals surface area contributed by atoms with Crippen molar-refractivity contribution >= 4 is 5.78 Å². The number of aromatic hydroxyl groups is 2. The molecule has 0 saturated heterocycles. The molecule has 0 spiro atoms. The summed E-state index contributed by atoms with van der Waals surface area (Å²) < 4.78 is 5.26. The topological polar surface area (TPSA) is 66.8 Å². The van der Waals surface area contributed by atoms with Crippen LogP contribution in [0, 0.1) is 5.92 Å². The summed E-state index contributed by atoms with van der Waals surface area (Å²) in [6, 6.07) is 2.49. The van der Waals surface area contributed by atoms with Gasteiger partial charge in [-0.3, -0.25) is 4.79 Å². The smallest absolute Gasteiger partial charge is 0.170 e. The molecule has 0 fully saturated rings. The van der Waals surface area contributed by atoms with Gasteiger partial charge in [-0.1, -0.05) is 13.8 Å². The zero-order chi connectivity index (χ0) is 13.0. The molecule has 0 bridgehead atoms. The fourth-order valence-corrected chi connectivity index (χ4v) is 1.61. The van der Waals surface area contributed by atoms with E-state index in [4.69, 9.17) is 4.74 Å². The van der Waals surface area contributed by atoms with Crippen molar-refractivity contribution in [1.29, 1.82) is 0 Å². The van der Waals surface area contributed by atoms with Gasteiger partial charge in [-0.05, 0) is 12.8 Å². The molecule has 0 aliphatic heterocycles. The fourth-order valence-electron chi connectivity index (χ4n) is 1.61. The molecule has 1 aromatic carbocycles. The van der Waals surface area contributed by atoms with Crippen molar-refractivity contribution in [1.82, 2.24) is 0 Å². The molecule has 4 heteroatoms. The second kappa shape index (κ2) is 5.57. The van der Waals surface area contributed by atoms with E-state index in [1.165, 1.54) is 6.07 Å². The van der Waals surface area contributed by atoms with Crippen LogP contribution in [0.4, 0.5) is 0 Å². The van der Waals surface area contributed by atoms with Crippen LogP contribution in [0.3, 0.4) is 0 Å². The van der Waals surface area contributed by atoms with Crippen LogP contribution < -0.4 is 4.74 Å². The number of Topliss-reactive ketones (excluding diaryl/α,β-unsaturated/α-hetero) is 1. The van der Waals surface area contributed by atoms with Crippen molar-refractivity contribution in [3.63, 3.8) is 0 Å². The van der Waals surface area contributed by atoms with Crippen molar-refractivity contribution in [3.8, 4) is 17.2 Å². The third-order valence-corrected chi connectivity index (χ3v) is 2.24. The lowest BCUT2D eigenvalue weighted by Crippen LogP contribution is -2.07. The number of hydrogen-bond donors (Lipinski definition) is 2. The van der Waals surface area contributed by atoms with Gasteiger partial charge < -0.3 is 14.9 Å². The molecular formula is C13H18O4. The van der Waals surface area contributed by atoms with Gasteiger partial charge >= 0.3 is 0 Å². The summed E-state index contributed by atoms with van der Waals surface area (Å²) >= 11 is 0. The van der Waals surface area contributed by atoms with Gasteiger partial charge in [-0.25, -0.2) is 0 Å². The van der Waals surface area contributed by atoms with E-state index in [0.29, 0.717) is 13.0 Å². The second-order valence-corrected chi connectivity index (χ2v) is 4.29. The molecule has 1 aromatic rings. The number of ether oxygens (including phenoxy) is 1. The monoisotopic (exact) mass is 238 g/mol. The third kappa shape index (κ3) is 3.37. The van der Waals surface area contributed by atoms with Gasteiger partial charge in [0.15, 0.2) is 5.78 Å². The van der Waals surface area contributed by atoms with E-state index in [2.05, 4.69) is 0 Å². The summed E-state index contributed by atoms with van der Waals surface area (Å²) in [5.74, 6) is -0.104. The number of carbonyl (C=O) groups excluding carboxylic acids is 1. The summed E-state index contributed by atoms with van der Waals surface area (Å²) in [5, 5.41) is 19.1. The zero-order valence-corrected chi connectivity index (χ0v) is 10.4. The van der Waals surface area contributed by atoms with Crippen LogP contribution in [0.15, 0.2) is 12.1 Å². The van der Waals surface area contributed by atoms with Crippen LogP contribution in [0.5, 0.6) is 17.2 Å². The number of benzene rings is 1. The lowest BCUT2D eigenvalue weighted by molar-refractivity contribution is 0.0961. The van der Waals surface area contributed by atoms with Gasteiger partial charge in [0, 0.05) is 18.6 Å². The number of hydrogen-bond acceptors (Lipinski definition) is 4.